The van der Waals surface area contributed by atoms with Crippen LogP contribution in [0.25, 0.3) is 0 Å². The maximum Gasteiger partial charge on any atom is 0.172 e. The van der Waals surface area contributed by atoms with Crippen LogP contribution in [0.3, 0.4) is 0 Å². The van der Waals surface area contributed by atoms with E-state index in [-0.39, 0.29) is 5.78 Å². The van der Waals surface area contributed by atoms with Crippen LogP contribution in [0.1, 0.15) is 20.3 Å². The predicted molar refractivity (Wildman–Crippen MR) is 35.6 cm³/mol. The lowest BCUT2D eigenvalue weighted by Crippen LogP contribution is -2.27. The van der Waals surface area contributed by atoms with E-state index in [2.05, 4.69) is 0 Å². The number of rotatable bonds is 2. The highest BCUT2D eigenvalue weighted by molar-refractivity contribution is 5.76. The molecule has 1 aliphatic rings. The summed E-state index contributed by atoms with van der Waals surface area (Å²) in [6.45, 7) is 4.53. The largest absolute Gasteiger partial charge is 0.347 e. The van der Waals surface area contributed by atoms with Gasteiger partial charge in [0.05, 0.1) is 19.6 Å². The third-order valence-corrected chi connectivity index (χ3v) is 1.47. The minimum absolute atomic E-state index is 0.101. The first-order valence-corrected chi connectivity index (χ1v) is 3.40. The molecule has 0 saturated carbocycles. The van der Waals surface area contributed by atoms with Gasteiger partial charge in [-0.1, -0.05) is 0 Å². The normalized spacial score (nSPS) is 23.0. The molecule has 3 nitrogen and oxygen atoms in total. The molecule has 0 spiro atoms. The number of hydrogen-bond acceptors (Lipinski definition) is 3. The minimum atomic E-state index is -0.633. The number of Topliss-reactive ketones (excluding diaryl/α,β-unsaturated/α-hetero) is 1. The number of ketones is 1. The molecule has 10 heavy (non-hydrogen) atoms. The van der Waals surface area contributed by atoms with E-state index >= 15 is 0 Å². The Balaban J connectivity index is 2.43. The molecule has 3 heteroatoms. The standard InChI is InChI=1S/C7H12O3/c1-6(8)5-7(2)9-3-4-10-7/h3-5H2,1-2H3. The predicted octanol–water partition coefficient (Wildman–Crippen LogP) is 0.728. The van der Waals surface area contributed by atoms with Gasteiger partial charge in [-0.05, 0) is 13.8 Å². The smallest absolute Gasteiger partial charge is 0.172 e. The van der Waals surface area contributed by atoms with E-state index < -0.39 is 5.79 Å². The van der Waals surface area contributed by atoms with Crippen molar-refractivity contribution in [3.63, 3.8) is 0 Å². The van der Waals surface area contributed by atoms with Crippen molar-refractivity contribution in [1.29, 1.82) is 0 Å². The molecule has 0 aromatic carbocycles. The summed E-state index contributed by atoms with van der Waals surface area (Å²) in [5.74, 6) is -0.532. The monoisotopic (exact) mass is 144 g/mol. The molecule has 1 fully saturated rings. The number of hydrogen-bond donors (Lipinski definition) is 0. The van der Waals surface area contributed by atoms with E-state index in [1.165, 1.54) is 6.92 Å². The molecule has 0 unspecified atom stereocenters. The average Bonchev–Trinajstić information content (AvgIpc) is 2.12. The van der Waals surface area contributed by atoms with Crippen molar-refractivity contribution >= 4 is 5.78 Å². The zero-order valence-electron chi connectivity index (χ0n) is 6.35. The van der Waals surface area contributed by atoms with Gasteiger partial charge >= 0.3 is 0 Å². The van der Waals surface area contributed by atoms with Crippen LogP contribution in [0.5, 0.6) is 0 Å². The average molecular weight is 144 g/mol. The van der Waals surface area contributed by atoms with Crippen LogP contribution in [0, 0.1) is 0 Å². The van der Waals surface area contributed by atoms with Crippen molar-refractivity contribution in [3.8, 4) is 0 Å². The molecule has 1 heterocycles. The van der Waals surface area contributed by atoms with Crippen molar-refractivity contribution in [2.24, 2.45) is 0 Å². The molecule has 1 saturated heterocycles. The Hall–Kier alpha value is -0.410. The Morgan fingerprint density at radius 2 is 2.00 bits per heavy atom. The lowest BCUT2D eigenvalue weighted by Gasteiger charge is -2.19. The van der Waals surface area contributed by atoms with Gasteiger partial charge in [-0.2, -0.15) is 0 Å². The van der Waals surface area contributed by atoms with Crippen molar-refractivity contribution in [1.82, 2.24) is 0 Å². The van der Waals surface area contributed by atoms with E-state index in [0.717, 1.165) is 0 Å². The molecule has 0 N–H and O–H groups in total. The highest BCUT2D eigenvalue weighted by Gasteiger charge is 2.31. The fraction of sp³-hybridized carbons (Fsp3) is 0.857. The SMILES string of the molecule is CC(=O)CC1(C)OCCO1. The van der Waals surface area contributed by atoms with Gasteiger partial charge in [-0.15, -0.1) is 0 Å². The summed E-state index contributed by atoms with van der Waals surface area (Å²) >= 11 is 0. The Morgan fingerprint density at radius 3 is 2.40 bits per heavy atom. The van der Waals surface area contributed by atoms with Crippen LogP contribution < -0.4 is 0 Å². The van der Waals surface area contributed by atoms with Crippen LogP contribution in [0.2, 0.25) is 0 Å². The Kier molecular flexibility index (Phi) is 2.06. The number of carbonyl (C=O) groups excluding carboxylic acids is 1. The van der Waals surface area contributed by atoms with Crippen molar-refractivity contribution in [2.75, 3.05) is 13.2 Å². The molecule has 0 radical (unpaired) electrons. The first-order chi connectivity index (χ1) is 4.62. The van der Waals surface area contributed by atoms with E-state index in [1.54, 1.807) is 6.92 Å². The molecule has 0 bridgehead atoms. The molecule has 58 valence electrons. The molecule has 0 aliphatic carbocycles. The third kappa shape index (κ3) is 1.78. The summed E-state index contributed by atoms with van der Waals surface area (Å²) in [4.78, 5) is 10.6. The van der Waals surface area contributed by atoms with Gasteiger partial charge in [0, 0.05) is 0 Å². The van der Waals surface area contributed by atoms with E-state index in [4.69, 9.17) is 9.47 Å². The van der Waals surface area contributed by atoms with Gasteiger partial charge in [0.25, 0.3) is 0 Å². The van der Waals surface area contributed by atoms with E-state index in [9.17, 15) is 4.79 Å². The number of carbonyl (C=O) groups is 1. The van der Waals surface area contributed by atoms with Gasteiger partial charge in [-0.3, -0.25) is 4.79 Å². The van der Waals surface area contributed by atoms with E-state index in [0.29, 0.717) is 19.6 Å². The lowest BCUT2D eigenvalue weighted by molar-refractivity contribution is -0.157. The second kappa shape index (κ2) is 2.68. The third-order valence-electron chi connectivity index (χ3n) is 1.47. The van der Waals surface area contributed by atoms with Gasteiger partial charge in [0.1, 0.15) is 5.78 Å². The van der Waals surface area contributed by atoms with Crippen LogP contribution in [0.15, 0.2) is 0 Å². The van der Waals surface area contributed by atoms with Crippen LogP contribution in [-0.4, -0.2) is 24.8 Å². The summed E-state index contributed by atoms with van der Waals surface area (Å²) in [5, 5.41) is 0. The summed E-state index contributed by atoms with van der Waals surface area (Å²) in [6.07, 6.45) is 0.354. The fourth-order valence-corrected chi connectivity index (χ4v) is 1.11. The van der Waals surface area contributed by atoms with Crippen LogP contribution >= 0.6 is 0 Å². The van der Waals surface area contributed by atoms with Crippen molar-refractivity contribution in [2.45, 2.75) is 26.1 Å². The Labute approximate surface area is 60.3 Å². The summed E-state index contributed by atoms with van der Waals surface area (Å²) in [7, 11) is 0. The minimum Gasteiger partial charge on any atom is -0.347 e. The van der Waals surface area contributed by atoms with E-state index in [1.807, 2.05) is 0 Å². The van der Waals surface area contributed by atoms with Crippen molar-refractivity contribution in [3.05, 3.63) is 0 Å². The van der Waals surface area contributed by atoms with Crippen molar-refractivity contribution < 1.29 is 14.3 Å². The maximum atomic E-state index is 10.6. The number of ether oxygens (including phenoxy) is 2. The maximum absolute atomic E-state index is 10.6. The zero-order valence-corrected chi connectivity index (χ0v) is 6.35. The Morgan fingerprint density at radius 1 is 1.50 bits per heavy atom. The first-order valence-electron chi connectivity index (χ1n) is 3.40. The van der Waals surface area contributed by atoms with Crippen LogP contribution in [-0.2, 0) is 14.3 Å². The molecule has 0 atom stereocenters. The fourth-order valence-electron chi connectivity index (χ4n) is 1.11. The topological polar surface area (TPSA) is 35.5 Å². The van der Waals surface area contributed by atoms with Gasteiger partial charge < -0.3 is 9.47 Å². The second-order valence-electron chi connectivity index (χ2n) is 2.71. The molecule has 0 aromatic rings. The molecule has 1 rings (SSSR count). The summed E-state index contributed by atoms with van der Waals surface area (Å²) < 4.78 is 10.4. The molecule has 1 aliphatic heterocycles. The summed E-state index contributed by atoms with van der Waals surface area (Å²) in [6, 6.07) is 0. The molecule has 0 aromatic heterocycles. The highest BCUT2D eigenvalue weighted by atomic mass is 16.7. The first kappa shape index (κ1) is 7.69. The highest BCUT2D eigenvalue weighted by Crippen LogP contribution is 2.22. The Bertz CT molecular complexity index is 136. The van der Waals surface area contributed by atoms with Gasteiger partial charge in [0.2, 0.25) is 0 Å². The van der Waals surface area contributed by atoms with Crippen LogP contribution in [0.4, 0.5) is 0 Å². The molecular formula is C7H12O3. The second-order valence-corrected chi connectivity index (χ2v) is 2.71. The lowest BCUT2D eigenvalue weighted by atomic mass is 10.2. The van der Waals surface area contributed by atoms with Gasteiger partial charge in [-0.25, -0.2) is 0 Å². The molecular weight excluding hydrogens is 132 g/mol. The zero-order chi connectivity index (χ0) is 7.61. The molecule has 0 amide bonds. The van der Waals surface area contributed by atoms with Gasteiger partial charge in [0.15, 0.2) is 5.79 Å². The quantitative estimate of drug-likeness (QED) is 0.573. The summed E-state index contributed by atoms with van der Waals surface area (Å²) in [5.41, 5.74) is 0.